The zero-order chi connectivity index (χ0) is 20.5. The number of carbonyl (C=O) groups is 1. The highest BCUT2D eigenvalue weighted by Crippen LogP contribution is 2.32. The maximum absolute atomic E-state index is 13.3. The van der Waals surface area contributed by atoms with Gasteiger partial charge in [-0.2, -0.15) is 0 Å². The van der Waals surface area contributed by atoms with Gasteiger partial charge in [0.25, 0.3) is 5.91 Å². The second-order valence-corrected chi connectivity index (χ2v) is 9.64. The van der Waals surface area contributed by atoms with E-state index >= 15 is 0 Å². The van der Waals surface area contributed by atoms with Gasteiger partial charge in [-0.25, -0.2) is 4.98 Å². The van der Waals surface area contributed by atoms with Crippen molar-refractivity contribution in [1.29, 1.82) is 0 Å². The van der Waals surface area contributed by atoms with Crippen molar-refractivity contribution in [3.63, 3.8) is 0 Å². The minimum atomic E-state index is -0.0348. The Morgan fingerprint density at radius 1 is 1.07 bits per heavy atom. The van der Waals surface area contributed by atoms with Crippen LogP contribution in [0.2, 0.25) is 5.02 Å². The van der Waals surface area contributed by atoms with E-state index < -0.39 is 0 Å². The quantitative estimate of drug-likeness (QED) is 0.555. The maximum atomic E-state index is 13.3. The molecule has 0 unspecified atom stereocenters. The van der Waals surface area contributed by atoms with Gasteiger partial charge in [-0.15, -0.1) is 0 Å². The first kappa shape index (κ1) is 20.8. The van der Waals surface area contributed by atoms with Gasteiger partial charge in [0.1, 0.15) is 0 Å². The Morgan fingerprint density at radius 3 is 2.36 bits per heavy atom. The zero-order valence-corrected chi connectivity index (χ0v) is 18.6. The molecule has 1 aromatic heterocycles. The van der Waals surface area contributed by atoms with Crippen LogP contribution in [0.25, 0.3) is 10.2 Å². The summed E-state index contributed by atoms with van der Waals surface area (Å²) in [5, 5.41) is 1.37. The van der Waals surface area contributed by atoms with Crippen LogP contribution in [0.5, 0.6) is 0 Å². The molecule has 0 N–H and O–H groups in total. The van der Waals surface area contributed by atoms with Gasteiger partial charge in [0, 0.05) is 23.7 Å². The summed E-state index contributed by atoms with van der Waals surface area (Å²) in [6.07, 6.45) is 0. The molecule has 3 rings (SSSR count). The summed E-state index contributed by atoms with van der Waals surface area (Å²) in [6, 6.07) is 13.5. The van der Waals surface area contributed by atoms with E-state index in [4.69, 9.17) is 11.6 Å². The fourth-order valence-electron chi connectivity index (χ4n) is 2.85. The van der Waals surface area contributed by atoms with E-state index in [2.05, 4.69) is 30.7 Å². The van der Waals surface area contributed by atoms with Gasteiger partial charge < -0.3 is 4.90 Å². The van der Waals surface area contributed by atoms with Crippen molar-refractivity contribution in [2.24, 2.45) is 0 Å². The Labute approximate surface area is 175 Å². The smallest absolute Gasteiger partial charge is 0.260 e. The van der Waals surface area contributed by atoms with Crippen LogP contribution in [-0.4, -0.2) is 43.0 Å². The van der Waals surface area contributed by atoms with Gasteiger partial charge in [-0.3, -0.25) is 9.69 Å². The Bertz CT molecular complexity index is 974. The first-order chi connectivity index (χ1) is 13.1. The number of carbonyl (C=O) groups excluding carboxylic acids is 1. The minimum absolute atomic E-state index is 0.0348. The lowest BCUT2D eigenvalue weighted by molar-refractivity contribution is 0.0985. The molecule has 0 saturated carbocycles. The van der Waals surface area contributed by atoms with Gasteiger partial charge in [0.2, 0.25) is 0 Å². The number of hydrogen-bond acceptors (Lipinski definition) is 4. The molecule has 2 aromatic carbocycles. The second kappa shape index (κ2) is 8.19. The molecule has 148 valence electrons. The van der Waals surface area contributed by atoms with Crippen molar-refractivity contribution in [3.8, 4) is 0 Å². The summed E-state index contributed by atoms with van der Waals surface area (Å²) >= 11 is 7.60. The molecule has 1 amide bonds. The van der Waals surface area contributed by atoms with E-state index in [-0.39, 0.29) is 11.3 Å². The number of thiazole rings is 1. The Morgan fingerprint density at radius 2 is 1.75 bits per heavy atom. The summed E-state index contributed by atoms with van der Waals surface area (Å²) in [7, 11) is 4.00. The van der Waals surface area contributed by atoms with E-state index in [1.807, 2.05) is 56.6 Å². The average Bonchev–Trinajstić information content (AvgIpc) is 3.03. The van der Waals surface area contributed by atoms with Crippen molar-refractivity contribution < 1.29 is 4.79 Å². The molecule has 4 nitrogen and oxygen atoms in total. The first-order valence-electron chi connectivity index (χ1n) is 9.28. The van der Waals surface area contributed by atoms with Crippen LogP contribution in [0.4, 0.5) is 5.13 Å². The lowest BCUT2D eigenvalue weighted by Crippen LogP contribution is -2.36. The Balaban J connectivity index is 1.95. The molecule has 0 bridgehead atoms. The van der Waals surface area contributed by atoms with Gasteiger partial charge in [-0.1, -0.05) is 55.8 Å². The van der Waals surface area contributed by atoms with E-state index in [9.17, 15) is 4.79 Å². The van der Waals surface area contributed by atoms with E-state index in [0.29, 0.717) is 22.3 Å². The molecule has 0 spiro atoms. The number of halogens is 1. The highest BCUT2D eigenvalue weighted by molar-refractivity contribution is 7.22. The highest BCUT2D eigenvalue weighted by Gasteiger charge is 2.22. The maximum Gasteiger partial charge on any atom is 0.260 e. The predicted molar refractivity (Wildman–Crippen MR) is 120 cm³/mol. The molecular formula is C22H26ClN3OS. The normalized spacial score (nSPS) is 12.0. The van der Waals surface area contributed by atoms with Crippen LogP contribution in [0.15, 0.2) is 42.5 Å². The summed E-state index contributed by atoms with van der Waals surface area (Å²) in [5.74, 6) is -0.0348. The number of amides is 1. The number of benzene rings is 2. The number of anilines is 1. The fourth-order valence-corrected chi connectivity index (χ4v) is 4.12. The van der Waals surface area contributed by atoms with Gasteiger partial charge in [0.15, 0.2) is 5.13 Å². The standard InChI is InChI=1S/C22H26ClN3OS/c1-22(2,3)16-8-6-15(7-9-16)20(27)26(13-12-25(4)5)21-24-18-11-10-17(23)14-19(18)28-21/h6-11,14H,12-13H2,1-5H3. The molecule has 0 fully saturated rings. The predicted octanol–water partition coefficient (Wildman–Crippen LogP) is 5.46. The third kappa shape index (κ3) is 4.72. The lowest BCUT2D eigenvalue weighted by Gasteiger charge is -2.23. The molecule has 28 heavy (non-hydrogen) atoms. The number of likely N-dealkylation sites (N-methyl/N-ethyl adjacent to an activating group) is 1. The zero-order valence-electron chi connectivity index (χ0n) is 17.0. The van der Waals surface area contributed by atoms with Crippen molar-refractivity contribution in [3.05, 3.63) is 58.6 Å². The molecule has 1 heterocycles. The van der Waals surface area contributed by atoms with Crippen LogP contribution >= 0.6 is 22.9 Å². The van der Waals surface area contributed by atoms with Crippen LogP contribution in [0.3, 0.4) is 0 Å². The van der Waals surface area contributed by atoms with Gasteiger partial charge in [-0.05, 0) is 55.4 Å². The van der Waals surface area contributed by atoms with Crippen LogP contribution in [-0.2, 0) is 5.41 Å². The van der Waals surface area contributed by atoms with Crippen molar-refractivity contribution in [2.75, 3.05) is 32.1 Å². The summed E-state index contributed by atoms with van der Waals surface area (Å²) in [5.41, 5.74) is 2.79. The summed E-state index contributed by atoms with van der Waals surface area (Å²) in [4.78, 5) is 21.8. The number of aromatic nitrogens is 1. The molecule has 0 radical (unpaired) electrons. The molecular weight excluding hydrogens is 390 g/mol. The average molecular weight is 416 g/mol. The third-order valence-corrected chi connectivity index (χ3v) is 5.86. The molecule has 0 atom stereocenters. The number of nitrogens with zero attached hydrogens (tertiary/aromatic N) is 3. The lowest BCUT2D eigenvalue weighted by atomic mass is 9.86. The molecule has 3 aromatic rings. The van der Waals surface area contributed by atoms with E-state index in [1.165, 1.54) is 16.9 Å². The van der Waals surface area contributed by atoms with Gasteiger partial charge >= 0.3 is 0 Å². The largest absolute Gasteiger partial charge is 0.308 e. The van der Waals surface area contributed by atoms with E-state index in [1.54, 1.807) is 4.90 Å². The number of rotatable bonds is 5. The topological polar surface area (TPSA) is 36.4 Å². The Kier molecular flexibility index (Phi) is 6.08. The van der Waals surface area contributed by atoms with Crippen LogP contribution in [0.1, 0.15) is 36.7 Å². The fraction of sp³-hybridized carbons (Fsp3) is 0.364. The summed E-state index contributed by atoms with van der Waals surface area (Å²) in [6.45, 7) is 7.82. The van der Waals surface area contributed by atoms with Gasteiger partial charge in [0.05, 0.1) is 10.2 Å². The van der Waals surface area contributed by atoms with Crippen LogP contribution < -0.4 is 4.90 Å². The third-order valence-electron chi connectivity index (χ3n) is 4.58. The molecule has 6 heteroatoms. The molecule has 0 saturated heterocycles. The Hall–Kier alpha value is -1.95. The first-order valence-corrected chi connectivity index (χ1v) is 10.5. The summed E-state index contributed by atoms with van der Waals surface area (Å²) < 4.78 is 0.980. The van der Waals surface area contributed by atoms with Crippen molar-refractivity contribution in [2.45, 2.75) is 26.2 Å². The second-order valence-electron chi connectivity index (χ2n) is 8.20. The number of fused-ring (bicyclic) bond motifs is 1. The van der Waals surface area contributed by atoms with Crippen molar-refractivity contribution in [1.82, 2.24) is 9.88 Å². The van der Waals surface area contributed by atoms with E-state index in [0.717, 1.165) is 16.8 Å². The minimum Gasteiger partial charge on any atom is -0.308 e. The van der Waals surface area contributed by atoms with Crippen molar-refractivity contribution >= 4 is 44.2 Å². The molecule has 0 aliphatic heterocycles. The highest BCUT2D eigenvalue weighted by atomic mass is 35.5. The van der Waals surface area contributed by atoms with Crippen LogP contribution in [0, 0.1) is 0 Å². The number of hydrogen-bond donors (Lipinski definition) is 0. The monoisotopic (exact) mass is 415 g/mol. The molecule has 0 aliphatic carbocycles. The molecule has 0 aliphatic rings. The SMILES string of the molecule is CN(C)CCN(C(=O)c1ccc(C(C)(C)C)cc1)c1nc2ccc(Cl)cc2s1.